The number of aromatic nitrogens is 2. The topological polar surface area (TPSA) is 58.3 Å². The summed E-state index contributed by atoms with van der Waals surface area (Å²) in [5.74, 6) is 0.0443. The van der Waals surface area contributed by atoms with Gasteiger partial charge in [-0.3, -0.25) is 4.68 Å². The summed E-state index contributed by atoms with van der Waals surface area (Å²) in [4.78, 5) is 0. The molecule has 1 heterocycles. The number of halogens is 1. The van der Waals surface area contributed by atoms with Gasteiger partial charge in [-0.05, 0) is 35.7 Å². The molecule has 5 heteroatoms. The number of aliphatic hydroxyl groups is 2. The summed E-state index contributed by atoms with van der Waals surface area (Å²) in [7, 11) is 0. The Balaban J connectivity index is 2.87. The third-order valence-electron chi connectivity index (χ3n) is 2.93. The van der Waals surface area contributed by atoms with E-state index in [1.807, 2.05) is 32.4 Å². The molecule has 2 N–H and O–H groups in total. The van der Waals surface area contributed by atoms with Gasteiger partial charge >= 0.3 is 0 Å². The highest BCUT2D eigenvalue weighted by atomic mass is 79.9. The molecule has 0 amide bonds. The first kappa shape index (κ1) is 14.7. The SMILES string of the molecule is CCn1nc(C)c(Br)c1CC(O)C(O)C(C)C. The molecule has 0 bridgehead atoms. The van der Waals surface area contributed by atoms with Crippen molar-refractivity contribution in [3.05, 3.63) is 15.9 Å². The Kier molecular flexibility index (Phi) is 5.16. The van der Waals surface area contributed by atoms with Gasteiger partial charge in [-0.15, -0.1) is 0 Å². The zero-order chi connectivity index (χ0) is 13.2. The fraction of sp³-hybridized carbons (Fsp3) is 0.750. The average Bonchev–Trinajstić information content (AvgIpc) is 2.55. The van der Waals surface area contributed by atoms with Gasteiger partial charge < -0.3 is 10.2 Å². The van der Waals surface area contributed by atoms with Crippen molar-refractivity contribution in [3.63, 3.8) is 0 Å². The second kappa shape index (κ2) is 5.98. The highest BCUT2D eigenvalue weighted by Gasteiger charge is 2.23. The van der Waals surface area contributed by atoms with E-state index in [0.717, 1.165) is 22.4 Å². The third kappa shape index (κ3) is 3.30. The molecule has 0 aliphatic rings. The van der Waals surface area contributed by atoms with E-state index in [9.17, 15) is 10.2 Å². The van der Waals surface area contributed by atoms with Crippen molar-refractivity contribution in [2.75, 3.05) is 0 Å². The smallest absolute Gasteiger partial charge is 0.0857 e. The molecule has 1 rings (SSSR count). The van der Waals surface area contributed by atoms with Gasteiger partial charge in [0.1, 0.15) is 0 Å². The normalized spacial score (nSPS) is 15.3. The van der Waals surface area contributed by atoms with Gasteiger partial charge in [-0.2, -0.15) is 5.10 Å². The number of aryl methyl sites for hydroxylation is 2. The van der Waals surface area contributed by atoms with Gasteiger partial charge in [-0.25, -0.2) is 0 Å². The van der Waals surface area contributed by atoms with Crippen LogP contribution < -0.4 is 0 Å². The van der Waals surface area contributed by atoms with Gasteiger partial charge in [-0.1, -0.05) is 13.8 Å². The lowest BCUT2D eigenvalue weighted by Gasteiger charge is -2.21. The van der Waals surface area contributed by atoms with E-state index in [1.54, 1.807) is 0 Å². The monoisotopic (exact) mass is 304 g/mol. The van der Waals surface area contributed by atoms with Crippen LogP contribution in [0.25, 0.3) is 0 Å². The molecule has 0 saturated heterocycles. The van der Waals surface area contributed by atoms with E-state index in [-0.39, 0.29) is 5.92 Å². The summed E-state index contributed by atoms with van der Waals surface area (Å²) in [6.45, 7) is 8.47. The summed E-state index contributed by atoms with van der Waals surface area (Å²) in [5, 5.41) is 24.2. The van der Waals surface area contributed by atoms with Crippen molar-refractivity contribution in [1.29, 1.82) is 0 Å². The molecular formula is C12H21BrN2O2. The van der Waals surface area contributed by atoms with Crippen LogP contribution in [0, 0.1) is 12.8 Å². The zero-order valence-corrected chi connectivity index (χ0v) is 12.4. The molecule has 1 aromatic heterocycles. The van der Waals surface area contributed by atoms with Crippen molar-refractivity contribution in [2.45, 2.75) is 52.9 Å². The van der Waals surface area contributed by atoms with Crippen molar-refractivity contribution in [1.82, 2.24) is 9.78 Å². The molecule has 17 heavy (non-hydrogen) atoms. The first-order chi connectivity index (χ1) is 7.88. The van der Waals surface area contributed by atoms with Crippen molar-refractivity contribution in [3.8, 4) is 0 Å². The average molecular weight is 305 g/mol. The Morgan fingerprint density at radius 3 is 2.41 bits per heavy atom. The van der Waals surface area contributed by atoms with Gasteiger partial charge in [0.25, 0.3) is 0 Å². The molecule has 0 aromatic carbocycles. The highest BCUT2D eigenvalue weighted by molar-refractivity contribution is 9.10. The van der Waals surface area contributed by atoms with Crippen LogP contribution in [0.5, 0.6) is 0 Å². The van der Waals surface area contributed by atoms with Gasteiger partial charge in [0, 0.05) is 13.0 Å². The van der Waals surface area contributed by atoms with Crippen LogP contribution in [0.15, 0.2) is 4.47 Å². The molecule has 1 aromatic rings. The number of hydrogen-bond acceptors (Lipinski definition) is 3. The summed E-state index contributed by atoms with van der Waals surface area (Å²) in [6.07, 6.45) is -1.05. The lowest BCUT2D eigenvalue weighted by atomic mass is 9.98. The molecule has 4 nitrogen and oxygen atoms in total. The maximum Gasteiger partial charge on any atom is 0.0857 e. The first-order valence-corrected chi connectivity index (χ1v) is 6.75. The molecule has 0 fully saturated rings. The molecule has 0 radical (unpaired) electrons. The number of hydrogen-bond donors (Lipinski definition) is 2. The lowest BCUT2D eigenvalue weighted by Crippen LogP contribution is -2.33. The highest BCUT2D eigenvalue weighted by Crippen LogP contribution is 2.23. The van der Waals surface area contributed by atoms with E-state index < -0.39 is 12.2 Å². The van der Waals surface area contributed by atoms with E-state index >= 15 is 0 Å². The van der Waals surface area contributed by atoms with Crippen LogP contribution in [0.1, 0.15) is 32.2 Å². The fourth-order valence-corrected chi connectivity index (χ4v) is 2.27. The van der Waals surface area contributed by atoms with Crippen LogP contribution >= 0.6 is 15.9 Å². The molecule has 2 unspecified atom stereocenters. The molecule has 0 aliphatic heterocycles. The van der Waals surface area contributed by atoms with E-state index in [2.05, 4.69) is 21.0 Å². The third-order valence-corrected chi connectivity index (χ3v) is 3.96. The predicted octanol–water partition coefficient (Wildman–Crippen LogP) is 1.89. The Morgan fingerprint density at radius 1 is 1.35 bits per heavy atom. The Bertz CT molecular complexity index is 377. The molecular weight excluding hydrogens is 284 g/mol. The number of nitrogens with zero attached hydrogens (tertiary/aromatic N) is 2. The molecule has 98 valence electrons. The minimum absolute atomic E-state index is 0.0443. The largest absolute Gasteiger partial charge is 0.390 e. The molecule has 0 spiro atoms. The Morgan fingerprint density at radius 2 is 1.94 bits per heavy atom. The minimum atomic E-state index is -0.757. The predicted molar refractivity (Wildman–Crippen MR) is 70.9 cm³/mol. The van der Waals surface area contributed by atoms with E-state index in [0.29, 0.717) is 6.42 Å². The maximum absolute atomic E-state index is 9.98. The summed E-state index contributed by atoms with van der Waals surface area (Å²) < 4.78 is 2.78. The van der Waals surface area contributed by atoms with Crippen molar-refractivity contribution in [2.24, 2.45) is 5.92 Å². The molecule has 0 saturated carbocycles. The van der Waals surface area contributed by atoms with Crippen molar-refractivity contribution >= 4 is 15.9 Å². The summed E-state index contributed by atoms with van der Waals surface area (Å²) >= 11 is 3.48. The quantitative estimate of drug-likeness (QED) is 0.873. The van der Waals surface area contributed by atoms with Crippen LogP contribution in [-0.4, -0.2) is 32.2 Å². The van der Waals surface area contributed by atoms with E-state index in [4.69, 9.17) is 0 Å². The Labute approximate surface area is 111 Å². The van der Waals surface area contributed by atoms with Crippen LogP contribution in [-0.2, 0) is 13.0 Å². The van der Waals surface area contributed by atoms with Gasteiger partial charge in [0.15, 0.2) is 0 Å². The Hall–Kier alpha value is -0.390. The molecule has 0 aliphatic carbocycles. The fourth-order valence-electron chi connectivity index (χ4n) is 1.83. The second-order valence-corrected chi connectivity index (χ2v) is 5.46. The van der Waals surface area contributed by atoms with Crippen LogP contribution in [0.2, 0.25) is 0 Å². The standard InChI is InChI=1S/C12H21BrN2O2/c1-5-15-9(11(13)8(4)14-15)6-10(16)12(17)7(2)3/h7,10,12,16-17H,5-6H2,1-4H3. The van der Waals surface area contributed by atoms with Gasteiger partial charge in [0.2, 0.25) is 0 Å². The van der Waals surface area contributed by atoms with Gasteiger partial charge in [0.05, 0.1) is 28.1 Å². The van der Waals surface area contributed by atoms with Crippen molar-refractivity contribution < 1.29 is 10.2 Å². The summed E-state index contributed by atoms with van der Waals surface area (Å²) in [6, 6.07) is 0. The lowest BCUT2D eigenvalue weighted by molar-refractivity contribution is -0.00834. The first-order valence-electron chi connectivity index (χ1n) is 5.96. The number of aliphatic hydroxyl groups excluding tert-OH is 2. The minimum Gasteiger partial charge on any atom is -0.390 e. The van der Waals surface area contributed by atoms with E-state index in [1.165, 1.54) is 0 Å². The number of rotatable bonds is 5. The second-order valence-electron chi connectivity index (χ2n) is 4.67. The van der Waals surface area contributed by atoms with Crippen LogP contribution in [0.3, 0.4) is 0 Å². The molecule has 2 atom stereocenters. The van der Waals surface area contributed by atoms with Crippen LogP contribution in [0.4, 0.5) is 0 Å². The zero-order valence-electron chi connectivity index (χ0n) is 10.8. The summed E-state index contributed by atoms with van der Waals surface area (Å²) in [5.41, 5.74) is 1.85. The maximum atomic E-state index is 9.98.